The van der Waals surface area contributed by atoms with Gasteiger partial charge in [-0.1, -0.05) is 114 Å². The quantitative estimate of drug-likeness (QED) is 0.332. The first-order valence-corrected chi connectivity index (χ1v) is 16.0. The minimum atomic E-state index is -2.72. The van der Waals surface area contributed by atoms with Gasteiger partial charge in [0.1, 0.15) is 0 Å². The monoisotopic (exact) mass is 518 g/mol. The van der Waals surface area contributed by atoms with Gasteiger partial charge in [0, 0.05) is 11.3 Å². The van der Waals surface area contributed by atoms with Crippen molar-refractivity contribution in [1.82, 2.24) is 0 Å². The summed E-state index contributed by atoms with van der Waals surface area (Å²) in [4.78, 5) is 0. The zero-order valence-corrected chi connectivity index (χ0v) is 25.1. The highest BCUT2D eigenvalue weighted by molar-refractivity contribution is 6.99. The maximum absolute atomic E-state index is 7.72. The Kier molecular flexibility index (Phi) is 6.67. The second kappa shape index (κ2) is 9.19. The van der Waals surface area contributed by atoms with E-state index in [9.17, 15) is 0 Å². The Hall–Kier alpha value is -1.72. The average molecular weight is 519 g/mol. The molecule has 1 aliphatic heterocycles. The Labute approximate surface area is 225 Å². The van der Waals surface area contributed by atoms with Crippen LogP contribution in [0.15, 0.2) is 72.8 Å². The largest absolute Gasteiger partial charge is 0.401 e. The molecule has 200 valence electrons. The molecule has 3 nitrogen and oxygen atoms in total. The van der Waals surface area contributed by atoms with Crippen LogP contribution in [-0.2, 0) is 13.9 Å². The standard InChI is InChI=1S/C33H46O3Si/c1-30(2,3)37(24-15-11-9-12-16-24,25-17-13-10-14-18-25)36-27-19-20-28-31(4,5)22-21-29-33(28,8)26(27)23-34-32(6,7)35-29/h9-20,26-29H,21-23H2,1-8H3/t26-,27+,28+,29+,33-/m1/s1. The lowest BCUT2D eigenvalue weighted by Gasteiger charge is -2.59. The Morgan fingerprint density at radius 3 is 1.95 bits per heavy atom. The molecule has 0 unspecified atom stereocenters. The molecule has 1 heterocycles. The van der Waals surface area contributed by atoms with Crippen molar-refractivity contribution < 1.29 is 13.9 Å². The van der Waals surface area contributed by atoms with Crippen molar-refractivity contribution in [3.05, 3.63) is 72.8 Å². The molecular formula is C33H46O3Si. The molecule has 0 N–H and O–H groups in total. The Balaban J connectivity index is 1.68. The highest BCUT2D eigenvalue weighted by atomic mass is 28.4. The fourth-order valence-corrected chi connectivity index (χ4v) is 12.5. The van der Waals surface area contributed by atoms with Crippen LogP contribution in [0.1, 0.15) is 68.2 Å². The van der Waals surface area contributed by atoms with Gasteiger partial charge in [-0.25, -0.2) is 0 Å². The van der Waals surface area contributed by atoms with Crippen LogP contribution >= 0.6 is 0 Å². The van der Waals surface area contributed by atoms with Crippen molar-refractivity contribution in [1.29, 1.82) is 0 Å². The fraction of sp³-hybridized carbons (Fsp3) is 0.576. The summed E-state index contributed by atoms with van der Waals surface area (Å²) >= 11 is 0. The van der Waals surface area contributed by atoms with Crippen molar-refractivity contribution in [3.63, 3.8) is 0 Å². The van der Waals surface area contributed by atoms with Crippen LogP contribution in [0.5, 0.6) is 0 Å². The maximum atomic E-state index is 7.72. The zero-order chi connectivity index (χ0) is 26.7. The number of hydrogen-bond acceptors (Lipinski definition) is 3. The molecular weight excluding hydrogens is 472 g/mol. The molecule has 1 saturated heterocycles. The molecule has 2 aromatic rings. The van der Waals surface area contributed by atoms with Gasteiger partial charge in [0.25, 0.3) is 8.32 Å². The Morgan fingerprint density at radius 1 is 0.838 bits per heavy atom. The topological polar surface area (TPSA) is 27.7 Å². The molecule has 1 saturated carbocycles. The van der Waals surface area contributed by atoms with Crippen molar-refractivity contribution in [3.8, 4) is 0 Å². The summed E-state index contributed by atoms with van der Waals surface area (Å²) in [6, 6.07) is 22.0. The van der Waals surface area contributed by atoms with Gasteiger partial charge >= 0.3 is 0 Å². The predicted octanol–water partition coefficient (Wildman–Crippen LogP) is 6.71. The molecule has 5 rings (SSSR count). The van der Waals surface area contributed by atoms with Gasteiger partial charge in [-0.3, -0.25) is 0 Å². The molecule has 4 heteroatoms. The third-order valence-corrected chi connectivity index (χ3v) is 14.7. The van der Waals surface area contributed by atoms with Gasteiger partial charge in [0.15, 0.2) is 5.79 Å². The van der Waals surface area contributed by atoms with E-state index in [4.69, 9.17) is 13.9 Å². The number of rotatable bonds is 4. The normalized spacial score (nSPS) is 32.9. The summed E-state index contributed by atoms with van der Waals surface area (Å²) in [5, 5.41) is 2.57. The minimum Gasteiger partial charge on any atom is -0.401 e. The second-order valence-electron chi connectivity index (χ2n) is 13.9. The van der Waals surface area contributed by atoms with E-state index in [-0.39, 0.29) is 34.0 Å². The maximum Gasteiger partial charge on any atom is 0.261 e. The fourth-order valence-electron chi connectivity index (χ4n) is 7.80. The molecule has 0 amide bonds. The SMILES string of the molecule is CC1(C)OC[C@@H]2[C@@H](O[Si](c3ccccc3)(c3ccccc3)C(C)(C)C)C=C[C@H]3C(C)(C)CC[C@H](O1)[C@]23C. The van der Waals surface area contributed by atoms with Gasteiger partial charge < -0.3 is 13.9 Å². The summed E-state index contributed by atoms with van der Waals surface area (Å²) in [6.45, 7) is 19.2. The van der Waals surface area contributed by atoms with E-state index in [0.717, 1.165) is 12.8 Å². The zero-order valence-electron chi connectivity index (χ0n) is 24.1. The molecule has 5 atom stereocenters. The van der Waals surface area contributed by atoms with E-state index < -0.39 is 14.1 Å². The Bertz CT molecular complexity index is 1080. The number of allylic oxidation sites excluding steroid dienone is 1. The van der Waals surface area contributed by atoms with Crippen LogP contribution in [0, 0.1) is 22.7 Å². The lowest BCUT2D eigenvalue weighted by Crippen LogP contribution is -2.69. The smallest absolute Gasteiger partial charge is 0.261 e. The van der Waals surface area contributed by atoms with Crippen LogP contribution in [-0.4, -0.2) is 32.9 Å². The average Bonchev–Trinajstić information content (AvgIpc) is 2.94. The summed E-state index contributed by atoms with van der Waals surface area (Å²) in [7, 11) is -2.72. The van der Waals surface area contributed by atoms with Gasteiger partial charge in [0.2, 0.25) is 0 Å². The highest BCUT2D eigenvalue weighted by Gasteiger charge is 2.62. The van der Waals surface area contributed by atoms with E-state index in [1.807, 2.05) is 0 Å². The number of hydrogen-bond donors (Lipinski definition) is 0. The molecule has 0 spiro atoms. The molecule has 2 fully saturated rings. The molecule has 2 aliphatic carbocycles. The summed E-state index contributed by atoms with van der Waals surface area (Å²) in [6.07, 6.45) is 7.17. The molecule has 3 aliphatic rings. The van der Waals surface area contributed by atoms with Gasteiger partial charge in [-0.15, -0.1) is 0 Å². The first kappa shape index (κ1) is 26.9. The molecule has 0 radical (unpaired) electrons. The van der Waals surface area contributed by atoms with E-state index >= 15 is 0 Å². The lowest BCUT2D eigenvalue weighted by molar-refractivity contribution is -0.245. The lowest BCUT2D eigenvalue weighted by atomic mass is 9.49. The van der Waals surface area contributed by atoms with Crippen LogP contribution in [0.2, 0.25) is 5.04 Å². The van der Waals surface area contributed by atoms with Crippen molar-refractivity contribution in [2.75, 3.05) is 6.61 Å². The molecule has 2 aromatic carbocycles. The van der Waals surface area contributed by atoms with Crippen LogP contribution in [0.25, 0.3) is 0 Å². The molecule has 0 bridgehead atoms. The van der Waals surface area contributed by atoms with Crippen LogP contribution in [0.4, 0.5) is 0 Å². The highest BCUT2D eigenvalue weighted by Crippen LogP contribution is 2.61. The van der Waals surface area contributed by atoms with Crippen LogP contribution in [0.3, 0.4) is 0 Å². The Morgan fingerprint density at radius 2 is 1.41 bits per heavy atom. The minimum absolute atomic E-state index is 0.0542. The molecule has 0 aromatic heterocycles. The summed E-state index contributed by atoms with van der Waals surface area (Å²) in [5.41, 5.74) is 0.139. The van der Waals surface area contributed by atoms with Gasteiger partial charge in [-0.05, 0) is 53.4 Å². The molecule has 37 heavy (non-hydrogen) atoms. The van der Waals surface area contributed by atoms with Crippen molar-refractivity contribution in [2.45, 2.75) is 91.3 Å². The summed E-state index contributed by atoms with van der Waals surface area (Å²) in [5.74, 6) is 0.0229. The van der Waals surface area contributed by atoms with Crippen molar-refractivity contribution >= 4 is 18.7 Å². The van der Waals surface area contributed by atoms with Crippen LogP contribution < -0.4 is 10.4 Å². The third-order valence-electron chi connectivity index (χ3n) is 9.71. The first-order valence-electron chi connectivity index (χ1n) is 14.1. The van der Waals surface area contributed by atoms with Crippen molar-refractivity contribution in [2.24, 2.45) is 22.7 Å². The number of benzene rings is 2. The van der Waals surface area contributed by atoms with E-state index in [1.54, 1.807) is 0 Å². The second-order valence-corrected chi connectivity index (χ2v) is 18.2. The van der Waals surface area contributed by atoms with E-state index in [2.05, 4.69) is 128 Å². The number of ether oxygens (including phenoxy) is 2. The van der Waals surface area contributed by atoms with Gasteiger partial charge in [-0.2, -0.15) is 0 Å². The van der Waals surface area contributed by atoms with E-state index in [1.165, 1.54) is 10.4 Å². The first-order chi connectivity index (χ1) is 17.3. The third kappa shape index (κ3) is 4.38. The predicted molar refractivity (Wildman–Crippen MR) is 155 cm³/mol. The van der Waals surface area contributed by atoms with Gasteiger partial charge in [0.05, 0.1) is 18.8 Å². The summed E-state index contributed by atoms with van der Waals surface area (Å²) < 4.78 is 21.0. The van der Waals surface area contributed by atoms with E-state index in [0.29, 0.717) is 12.5 Å².